The highest BCUT2D eigenvalue weighted by Crippen LogP contribution is 2.31. The standard InChI is InChI=1S/C22H28N2O4S/c1-15(25)17-7-9-18(10-8-17)19-12-23-20(29-19)27-14-16-6-5-11-24(13-16)21(26)28-22(2,3)4/h7-10,12,16H,5-6,11,13-14H2,1-4H3. The van der Waals surface area contributed by atoms with Gasteiger partial charge in [0.15, 0.2) is 5.78 Å². The summed E-state index contributed by atoms with van der Waals surface area (Å²) in [6.45, 7) is 9.08. The summed E-state index contributed by atoms with van der Waals surface area (Å²) < 4.78 is 11.4. The number of hydrogen-bond donors (Lipinski definition) is 0. The summed E-state index contributed by atoms with van der Waals surface area (Å²) in [5.74, 6) is 0.316. The van der Waals surface area contributed by atoms with Gasteiger partial charge >= 0.3 is 6.09 Å². The molecule has 1 unspecified atom stereocenters. The normalized spacial score (nSPS) is 17.1. The lowest BCUT2D eigenvalue weighted by Crippen LogP contribution is -2.44. The van der Waals surface area contributed by atoms with Crippen molar-refractivity contribution in [2.75, 3.05) is 19.7 Å². The van der Waals surface area contributed by atoms with Gasteiger partial charge in [0, 0.05) is 30.8 Å². The van der Waals surface area contributed by atoms with Gasteiger partial charge in [0.1, 0.15) is 5.60 Å². The van der Waals surface area contributed by atoms with Crippen molar-refractivity contribution in [2.24, 2.45) is 5.92 Å². The van der Waals surface area contributed by atoms with Gasteiger partial charge in [-0.05, 0) is 46.1 Å². The third-order valence-electron chi connectivity index (χ3n) is 4.67. The van der Waals surface area contributed by atoms with Crippen molar-refractivity contribution in [3.8, 4) is 15.6 Å². The molecule has 2 heterocycles. The van der Waals surface area contributed by atoms with E-state index in [1.165, 1.54) is 11.3 Å². The highest BCUT2D eigenvalue weighted by molar-refractivity contribution is 7.16. The van der Waals surface area contributed by atoms with Crippen molar-refractivity contribution in [3.05, 3.63) is 36.0 Å². The third-order valence-corrected chi connectivity index (χ3v) is 5.63. The van der Waals surface area contributed by atoms with Crippen LogP contribution in [0.3, 0.4) is 0 Å². The van der Waals surface area contributed by atoms with E-state index >= 15 is 0 Å². The summed E-state index contributed by atoms with van der Waals surface area (Å²) in [6, 6.07) is 7.50. The Morgan fingerprint density at radius 2 is 1.97 bits per heavy atom. The van der Waals surface area contributed by atoms with Crippen LogP contribution < -0.4 is 4.74 Å². The Hall–Kier alpha value is -2.41. The van der Waals surface area contributed by atoms with Crippen molar-refractivity contribution >= 4 is 23.2 Å². The van der Waals surface area contributed by atoms with Crippen molar-refractivity contribution in [1.82, 2.24) is 9.88 Å². The molecule has 29 heavy (non-hydrogen) atoms. The molecule has 0 spiro atoms. The number of thiazole rings is 1. The molecule has 1 aromatic heterocycles. The maximum absolute atomic E-state index is 12.3. The van der Waals surface area contributed by atoms with Crippen LogP contribution in [0.5, 0.6) is 5.19 Å². The van der Waals surface area contributed by atoms with E-state index in [1.807, 2.05) is 45.0 Å². The van der Waals surface area contributed by atoms with Gasteiger partial charge in [-0.2, -0.15) is 0 Å². The van der Waals surface area contributed by atoms with Crippen LogP contribution in [0, 0.1) is 5.92 Å². The molecule has 1 amide bonds. The molecule has 1 aliphatic heterocycles. The first-order valence-corrected chi connectivity index (χ1v) is 10.7. The summed E-state index contributed by atoms with van der Waals surface area (Å²) in [7, 11) is 0. The van der Waals surface area contributed by atoms with Crippen LogP contribution in [0.25, 0.3) is 10.4 Å². The van der Waals surface area contributed by atoms with Gasteiger partial charge in [-0.25, -0.2) is 9.78 Å². The number of amides is 1. The summed E-state index contributed by atoms with van der Waals surface area (Å²) in [4.78, 5) is 30.8. The molecule has 0 bridgehead atoms. The maximum Gasteiger partial charge on any atom is 0.410 e. The minimum absolute atomic E-state index is 0.0535. The molecule has 0 radical (unpaired) electrons. The third kappa shape index (κ3) is 6.03. The van der Waals surface area contributed by atoms with Crippen molar-refractivity contribution in [2.45, 2.75) is 46.1 Å². The Morgan fingerprint density at radius 1 is 1.24 bits per heavy atom. The fourth-order valence-electron chi connectivity index (χ4n) is 3.21. The fraction of sp³-hybridized carbons (Fsp3) is 0.500. The number of nitrogens with zero attached hydrogens (tertiary/aromatic N) is 2. The predicted octanol–water partition coefficient (Wildman–Crippen LogP) is 5.04. The summed E-state index contributed by atoms with van der Waals surface area (Å²) in [5, 5.41) is 0.616. The first-order valence-electron chi connectivity index (χ1n) is 9.89. The smallest absolute Gasteiger partial charge is 0.410 e. The first kappa shape index (κ1) is 21.3. The zero-order valence-corrected chi connectivity index (χ0v) is 18.3. The number of likely N-dealkylation sites (tertiary alicyclic amines) is 1. The van der Waals surface area contributed by atoms with Crippen LogP contribution in [0.1, 0.15) is 50.9 Å². The lowest BCUT2D eigenvalue weighted by Gasteiger charge is -2.33. The predicted molar refractivity (Wildman–Crippen MR) is 114 cm³/mol. The second-order valence-corrected chi connectivity index (χ2v) is 9.36. The van der Waals surface area contributed by atoms with Crippen molar-refractivity contribution in [3.63, 3.8) is 0 Å². The molecule has 1 atom stereocenters. The fourth-order valence-corrected chi connectivity index (χ4v) is 3.99. The number of aromatic nitrogens is 1. The number of rotatable bonds is 5. The van der Waals surface area contributed by atoms with E-state index in [0.717, 1.165) is 29.8 Å². The minimum Gasteiger partial charge on any atom is -0.470 e. The minimum atomic E-state index is -0.486. The molecule has 3 rings (SSSR count). The largest absolute Gasteiger partial charge is 0.470 e. The van der Waals surface area contributed by atoms with Gasteiger partial charge in [-0.1, -0.05) is 35.6 Å². The van der Waals surface area contributed by atoms with Crippen LogP contribution in [0.15, 0.2) is 30.5 Å². The number of carbonyl (C=O) groups is 2. The van der Waals surface area contributed by atoms with E-state index in [0.29, 0.717) is 23.9 Å². The lowest BCUT2D eigenvalue weighted by atomic mass is 9.99. The summed E-state index contributed by atoms with van der Waals surface area (Å²) in [5.41, 5.74) is 1.22. The lowest BCUT2D eigenvalue weighted by molar-refractivity contribution is 0.0139. The van der Waals surface area contributed by atoms with Gasteiger partial charge in [0.2, 0.25) is 0 Å². The number of benzene rings is 1. The Balaban J connectivity index is 1.54. The first-order chi connectivity index (χ1) is 13.7. The topological polar surface area (TPSA) is 68.7 Å². The molecule has 7 heteroatoms. The van der Waals surface area contributed by atoms with E-state index < -0.39 is 5.60 Å². The Kier molecular flexibility index (Phi) is 6.57. The molecule has 6 nitrogen and oxygen atoms in total. The molecule has 1 aliphatic rings. The van der Waals surface area contributed by atoms with E-state index in [-0.39, 0.29) is 17.8 Å². The maximum atomic E-state index is 12.3. The van der Waals surface area contributed by atoms with Crippen molar-refractivity contribution in [1.29, 1.82) is 0 Å². The average molecular weight is 417 g/mol. The highest BCUT2D eigenvalue weighted by Gasteiger charge is 2.28. The van der Waals surface area contributed by atoms with Gasteiger partial charge in [-0.3, -0.25) is 4.79 Å². The molecule has 0 aliphatic carbocycles. The quantitative estimate of drug-likeness (QED) is 0.639. The summed E-state index contributed by atoms with van der Waals surface area (Å²) in [6.07, 6.45) is 3.49. The zero-order chi connectivity index (χ0) is 21.0. The second kappa shape index (κ2) is 8.95. The van der Waals surface area contributed by atoms with E-state index in [1.54, 1.807) is 18.0 Å². The molecular formula is C22H28N2O4S. The highest BCUT2D eigenvalue weighted by atomic mass is 32.1. The number of piperidine rings is 1. The van der Waals surface area contributed by atoms with Gasteiger partial charge in [-0.15, -0.1) is 0 Å². The van der Waals surface area contributed by atoms with Crippen molar-refractivity contribution < 1.29 is 19.1 Å². The summed E-state index contributed by atoms with van der Waals surface area (Å²) >= 11 is 1.48. The monoisotopic (exact) mass is 416 g/mol. The van der Waals surface area contributed by atoms with Crippen LogP contribution in [-0.4, -0.2) is 47.1 Å². The second-order valence-electron chi connectivity index (χ2n) is 8.37. The number of ketones is 1. The Bertz CT molecular complexity index is 854. The van der Waals surface area contributed by atoms with E-state index in [2.05, 4.69) is 4.98 Å². The SMILES string of the molecule is CC(=O)c1ccc(-c2cnc(OCC3CCCN(C(=O)OC(C)(C)C)C3)s2)cc1. The molecule has 1 aromatic carbocycles. The molecule has 2 aromatic rings. The van der Waals surface area contributed by atoms with E-state index in [9.17, 15) is 9.59 Å². The van der Waals surface area contributed by atoms with E-state index in [4.69, 9.17) is 9.47 Å². The van der Waals surface area contributed by atoms with Crippen LogP contribution in [0.4, 0.5) is 4.79 Å². The Morgan fingerprint density at radius 3 is 2.62 bits per heavy atom. The molecule has 0 N–H and O–H groups in total. The van der Waals surface area contributed by atoms with Gasteiger partial charge in [0.25, 0.3) is 5.19 Å². The molecule has 1 fully saturated rings. The molecular weight excluding hydrogens is 388 g/mol. The van der Waals surface area contributed by atoms with Crippen LogP contribution in [0.2, 0.25) is 0 Å². The molecule has 0 saturated carbocycles. The number of Topliss-reactive ketones (excluding diaryl/α,β-unsaturated/α-hetero) is 1. The van der Waals surface area contributed by atoms with Crippen LogP contribution in [-0.2, 0) is 4.74 Å². The van der Waals surface area contributed by atoms with Gasteiger partial charge < -0.3 is 14.4 Å². The average Bonchev–Trinajstić information content (AvgIpc) is 3.14. The molecule has 156 valence electrons. The van der Waals surface area contributed by atoms with Gasteiger partial charge in [0.05, 0.1) is 11.5 Å². The number of ether oxygens (including phenoxy) is 2. The number of carbonyl (C=O) groups excluding carboxylic acids is 2. The zero-order valence-electron chi connectivity index (χ0n) is 17.4. The Labute approximate surface area is 175 Å². The molecule has 1 saturated heterocycles. The van der Waals surface area contributed by atoms with Crippen LogP contribution >= 0.6 is 11.3 Å². The number of hydrogen-bond acceptors (Lipinski definition) is 6.